The number of hydrogen-bond donors (Lipinski definition) is 2. The van der Waals surface area contributed by atoms with Crippen LogP contribution in [0, 0.1) is 0 Å². The van der Waals surface area contributed by atoms with E-state index in [1.165, 1.54) is 4.90 Å². The van der Waals surface area contributed by atoms with E-state index in [-0.39, 0.29) is 12.1 Å². The van der Waals surface area contributed by atoms with Gasteiger partial charge in [0.05, 0.1) is 0 Å². The first-order valence-electron chi connectivity index (χ1n) is 6.13. The van der Waals surface area contributed by atoms with Crippen LogP contribution in [0.4, 0.5) is 4.79 Å². The lowest BCUT2D eigenvalue weighted by Gasteiger charge is -2.35. The molecule has 2 atom stereocenters. The standard InChI is InChI=1S/C11H19N3O3/c12-8-3-1-5-13(7-8)11(17)14-6-2-4-9(14)10(15)16/h8-9H,1-7,12H2,(H,15,16). The van der Waals surface area contributed by atoms with E-state index in [2.05, 4.69) is 0 Å². The highest BCUT2D eigenvalue weighted by atomic mass is 16.4. The molecule has 0 aliphatic carbocycles. The minimum absolute atomic E-state index is 0.0265. The minimum atomic E-state index is -0.905. The highest BCUT2D eigenvalue weighted by Gasteiger charge is 2.36. The molecular formula is C11H19N3O3. The number of carboxylic acids is 1. The topological polar surface area (TPSA) is 86.9 Å². The summed E-state index contributed by atoms with van der Waals surface area (Å²) in [6.07, 6.45) is 3.16. The van der Waals surface area contributed by atoms with Crippen LogP contribution in [0.5, 0.6) is 0 Å². The molecule has 0 aromatic rings. The van der Waals surface area contributed by atoms with Gasteiger partial charge in [-0.05, 0) is 25.7 Å². The SMILES string of the molecule is NC1CCCN(C(=O)N2CCCC2C(=O)O)C1. The molecule has 17 heavy (non-hydrogen) atoms. The molecule has 96 valence electrons. The summed E-state index contributed by atoms with van der Waals surface area (Å²) < 4.78 is 0. The molecular weight excluding hydrogens is 222 g/mol. The van der Waals surface area contributed by atoms with E-state index in [0.29, 0.717) is 26.1 Å². The van der Waals surface area contributed by atoms with Crippen molar-refractivity contribution in [3.05, 3.63) is 0 Å². The van der Waals surface area contributed by atoms with Gasteiger partial charge in [-0.2, -0.15) is 0 Å². The summed E-state index contributed by atoms with van der Waals surface area (Å²) >= 11 is 0. The van der Waals surface area contributed by atoms with Gasteiger partial charge in [0.1, 0.15) is 6.04 Å². The van der Waals surface area contributed by atoms with E-state index >= 15 is 0 Å². The highest BCUT2D eigenvalue weighted by Crippen LogP contribution is 2.20. The number of amides is 2. The van der Waals surface area contributed by atoms with Crippen LogP contribution in [-0.4, -0.2) is 58.6 Å². The fourth-order valence-electron chi connectivity index (χ4n) is 2.62. The van der Waals surface area contributed by atoms with Crippen molar-refractivity contribution in [3.8, 4) is 0 Å². The van der Waals surface area contributed by atoms with E-state index in [1.807, 2.05) is 0 Å². The van der Waals surface area contributed by atoms with Crippen LogP contribution < -0.4 is 5.73 Å². The summed E-state index contributed by atoms with van der Waals surface area (Å²) in [6, 6.07) is -0.788. The molecule has 0 bridgehead atoms. The third kappa shape index (κ3) is 2.52. The monoisotopic (exact) mass is 241 g/mol. The van der Waals surface area contributed by atoms with Crippen molar-refractivity contribution in [1.29, 1.82) is 0 Å². The number of likely N-dealkylation sites (tertiary alicyclic amines) is 2. The van der Waals surface area contributed by atoms with Gasteiger partial charge in [-0.1, -0.05) is 0 Å². The maximum absolute atomic E-state index is 12.2. The predicted octanol–water partition coefficient (Wildman–Crippen LogP) is 0.0785. The zero-order chi connectivity index (χ0) is 12.4. The number of rotatable bonds is 1. The van der Waals surface area contributed by atoms with Gasteiger partial charge >= 0.3 is 12.0 Å². The Labute approximate surface area is 100 Å². The van der Waals surface area contributed by atoms with E-state index in [1.54, 1.807) is 4.90 Å². The first-order valence-corrected chi connectivity index (χ1v) is 6.13. The first kappa shape index (κ1) is 12.2. The quantitative estimate of drug-likeness (QED) is 0.680. The number of hydrogen-bond acceptors (Lipinski definition) is 3. The average Bonchev–Trinajstić information content (AvgIpc) is 2.77. The number of nitrogens with two attached hydrogens (primary N) is 1. The first-order chi connectivity index (χ1) is 8.09. The summed E-state index contributed by atoms with van der Waals surface area (Å²) in [4.78, 5) is 26.4. The Morgan fingerprint density at radius 1 is 1.18 bits per heavy atom. The molecule has 2 fully saturated rings. The molecule has 0 radical (unpaired) electrons. The van der Waals surface area contributed by atoms with Crippen LogP contribution >= 0.6 is 0 Å². The fourth-order valence-corrected chi connectivity index (χ4v) is 2.62. The lowest BCUT2D eigenvalue weighted by atomic mass is 10.1. The van der Waals surface area contributed by atoms with Crippen molar-refractivity contribution >= 4 is 12.0 Å². The summed E-state index contributed by atoms with van der Waals surface area (Å²) in [6.45, 7) is 1.78. The molecule has 2 aliphatic heterocycles. The van der Waals surface area contributed by atoms with Gasteiger partial charge in [0.25, 0.3) is 0 Å². The van der Waals surface area contributed by atoms with Crippen molar-refractivity contribution in [3.63, 3.8) is 0 Å². The molecule has 2 rings (SSSR count). The van der Waals surface area contributed by atoms with Crippen LogP contribution in [-0.2, 0) is 4.79 Å². The Balaban J connectivity index is 2.01. The van der Waals surface area contributed by atoms with Crippen LogP contribution in [0.3, 0.4) is 0 Å². The van der Waals surface area contributed by atoms with Crippen molar-refractivity contribution in [2.24, 2.45) is 5.73 Å². The molecule has 6 nitrogen and oxygen atoms in total. The molecule has 2 amide bonds. The van der Waals surface area contributed by atoms with Gasteiger partial charge in [-0.3, -0.25) is 0 Å². The number of urea groups is 1. The highest BCUT2D eigenvalue weighted by molar-refractivity contribution is 5.83. The minimum Gasteiger partial charge on any atom is -0.480 e. The Morgan fingerprint density at radius 3 is 2.53 bits per heavy atom. The lowest BCUT2D eigenvalue weighted by Crippen LogP contribution is -2.53. The molecule has 2 saturated heterocycles. The van der Waals surface area contributed by atoms with Gasteiger partial charge < -0.3 is 20.6 Å². The van der Waals surface area contributed by atoms with Crippen LogP contribution in [0.15, 0.2) is 0 Å². The molecule has 0 spiro atoms. The zero-order valence-electron chi connectivity index (χ0n) is 9.84. The number of carbonyl (C=O) groups excluding carboxylic acids is 1. The Hall–Kier alpha value is -1.30. The van der Waals surface area contributed by atoms with E-state index < -0.39 is 12.0 Å². The van der Waals surface area contributed by atoms with Crippen LogP contribution in [0.2, 0.25) is 0 Å². The largest absolute Gasteiger partial charge is 0.480 e. The van der Waals surface area contributed by atoms with E-state index in [9.17, 15) is 9.59 Å². The summed E-state index contributed by atoms with van der Waals surface area (Å²) in [5, 5.41) is 9.05. The van der Waals surface area contributed by atoms with Gasteiger partial charge in [-0.25, -0.2) is 9.59 Å². The third-order valence-corrected chi connectivity index (χ3v) is 3.51. The molecule has 3 N–H and O–H groups in total. The second-order valence-electron chi connectivity index (χ2n) is 4.82. The number of aliphatic carboxylic acids is 1. The number of nitrogens with zero attached hydrogens (tertiary/aromatic N) is 2. The Bertz CT molecular complexity index is 321. The summed E-state index contributed by atoms with van der Waals surface area (Å²) in [5.74, 6) is -0.905. The van der Waals surface area contributed by atoms with Crippen molar-refractivity contribution < 1.29 is 14.7 Å². The molecule has 2 heterocycles. The Morgan fingerprint density at radius 2 is 1.88 bits per heavy atom. The molecule has 6 heteroatoms. The van der Waals surface area contributed by atoms with E-state index in [4.69, 9.17) is 10.8 Å². The smallest absolute Gasteiger partial charge is 0.326 e. The van der Waals surface area contributed by atoms with Crippen LogP contribution in [0.25, 0.3) is 0 Å². The van der Waals surface area contributed by atoms with Gasteiger partial charge in [0.2, 0.25) is 0 Å². The normalized spacial score (nSPS) is 29.5. The maximum Gasteiger partial charge on any atom is 0.326 e. The number of carbonyl (C=O) groups is 2. The van der Waals surface area contributed by atoms with Crippen LogP contribution in [0.1, 0.15) is 25.7 Å². The Kier molecular flexibility index (Phi) is 3.51. The predicted molar refractivity (Wildman–Crippen MR) is 61.5 cm³/mol. The van der Waals surface area contributed by atoms with Crippen molar-refractivity contribution in [2.45, 2.75) is 37.8 Å². The maximum atomic E-state index is 12.2. The van der Waals surface area contributed by atoms with Gasteiger partial charge in [0.15, 0.2) is 0 Å². The fraction of sp³-hybridized carbons (Fsp3) is 0.818. The molecule has 0 saturated carbocycles. The van der Waals surface area contributed by atoms with Gasteiger partial charge in [0, 0.05) is 25.7 Å². The lowest BCUT2D eigenvalue weighted by molar-refractivity contribution is -0.141. The van der Waals surface area contributed by atoms with Gasteiger partial charge in [-0.15, -0.1) is 0 Å². The van der Waals surface area contributed by atoms with Crippen molar-refractivity contribution in [1.82, 2.24) is 9.80 Å². The molecule has 0 aromatic carbocycles. The molecule has 2 unspecified atom stereocenters. The second kappa shape index (κ2) is 4.91. The zero-order valence-corrected chi connectivity index (χ0v) is 9.84. The molecule has 2 aliphatic rings. The summed E-state index contributed by atoms with van der Waals surface area (Å²) in [5.41, 5.74) is 5.83. The number of carboxylic acid groups (broad SMARTS) is 1. The number of piperidine rings is 1. The molecule has 0 aromatic heterocycles. The average molecular weight is 241 g/mol. The second-order valence-corrected chi connectivity index (χ2v) is 4.82. The third-order valence-electron chi connectivity index (χ3n) is 3.51. The summed E-state index contributed by atoms with van der Waals surface area (Å²) in [7, 11) is 0. The van der Waals surface area contributed by atoms with E-state index in [0.717, 1.165) is 19.3 Å². The van der Waals surface area contributed by atoms with Crippen molar-refractivity contribution in [2.75, 3.05) is 19.6 Å².